The number of H-pyrrole nitrogens is 1. The highest BCUT2D eigenvalue weighted by Gasteiger charge is 2.12. The Balaban J connectivity index is 2.19. The fourth-order valence-corrected chi connectivity index (χ4v) is 2.39. The molecule has 0 bridgehead atoms. The van der Waals surface area contributed by atoms with Crippen molar-refractivity contribution in [3.63, 3.8) is 0 Å². The Hall–Kier alpha value is -2.20. The second-order valence-electron chi connectivity index (χ2n) is 4.43. The maximum atomic E-state index is 12.5. The standard InChI is InChI=1S/C16H10BrNO2/c17-12-7-4-11(5-8-12)16(20)13-3-1-2-10-6-9-14(19)18-15(10)13/h1-9H,(H,18,19). The Morgan fingerprint density at radius 1 is 0.950 bits per heavy atom. The van der Waals surface area contributed by atoms with Gasteiger partial charge in [-0.3, -0.25) is 9.59 Å². The van der Waals surface area contributed by atoms with Crippen LogP contribution < -0.4 is 5.56 Å². The third-order valence-electron chi connectivity index (χ3n) is 3.11. The van der Waals surface area contributed by atoms with Gasteiger partial charge in [0.05, 0.1) is 5.52 Å². The summed E-state index contributed by atoms with van der Waals surface area (Å²) in [7, 11) is 0. The van der Waals surface area contributed by atoms with E-state index in [1.165, 1.54) is 6.07 Å². The van der Waals surface area contributed by atoms with Gasteiger partial charge in [-0.2, -0.15) is 0 Å². The van der Waals surface area contributed by atoms with E-state index in [1.54, 1.807) is 24.3 Å². The average molecular weight is 328 g/mol. The van der Waals surface area contributed by atoms with Crippen molar-refractivity contribution in [2.24, 2.45) is 0 Å². The first-order chi connectivity index (χ1) is 9.65. The molecular weight excluding hydrogens is 318 g/mol. The molecule has 0 saturated carbocycles. The van der Waals surface area contributed by atoms with E-state index < -0.39 is 0 Å². The lowest BCUT2D eigenvalue weighted by atomic mass is 10.0. The number of para-hydroxylation sites is 1. The summed E-state index contributed by atoms with van der Waals surface area (Å²) in [5.41, 5.74) is 1.45. The topological polar surface area (TPSA) is 49.9 Å². The van der Waals surface area contributed by atoms with Crippen molar-refractivity contribution in [1.29, 1.82) is 0 Å². The summed E-state index contributed by atoms with van der Waals surface area (Å²) >= 11 is 3.34. The lowest BCUT2D eigenvalue weighted by Crippen LogP contribution is -2.08. The van der Waals surface area contributed by atoms with Gasteiger partial charge in [0.2, 0.25) is 5.56 Å². The van der Waals surface area contributed by atoms with Crippen molar-refractivity contribution in [2.45, 2.75) is 0 Å². The first-order valence-electron chi connectivity index (χ1n) is 6.07. The van der Waals surface area contributed by atoms with Gasteiger partial charge in [0.1, 0.15) is 0 Å². The number of aromatic amines is 1. The van der Waals surface area contributed by atoms with E-state index in [4.69, 9.17) is 0 Å². The zero-order valence-corrected chi connectivity index (χ0v) is 12.0. The highest BCUT2D eigenvalue weighted by molar-refractivity contribution is 9.10. The van der Waals surface area contributed by atoms with E-state index in [0.717, 1.165) is 9.86 Å². The predicted octanol–water partition coefficient (Wildman–Crippen LogP) is 3.52. The first-order valence-corrected chi connectivity index (χ1v) is 6.87. The van der Waals surface area contributed by atoms with Crippen LogP contribution >= 0.6 is 15.9 Å². The van der Waals surface area contributed by atoms with Gasteiger partial charge in [-0.05, 0) is 41.8 Å². The number of pyridine rings is 1. The number of hydrogen-bond acceptors (Lipinski definition) is 2. The second-order valence-corrected chi connectivity index (χ2v) is 5.34. The zero-order chi connectivity index (χ0) is 14.1. The van der Waals surface area contributed by atoms with Gasteiger partial charge < -0.3 is 4.98 Å². The minimum absolute atomic E-state index is 0.107. The summed E-state index contributed by atoms with van der Waals surface area (Å²) in [5.74, 6) is -0.107. The molecule has 0 spiro atoms. The molecule has 0 aliphatic carbocycles. The van der Waals surface area contributed by atoms with E-state index in [2.05, 4.69) is 20.9 Å². The summed E-state index contributed by atoms with van der Waals surface area (Å²) in [6, 6.07) is 15.7. The van der Waals surface area contributed by atoms with Crippen LogP contribution in [0.2, 0.25) is 0 Å². The second kappa shape index (κ2) is 5.06. The largest absolute Gasteiger partial charge is 0.321 e. The molecular formula is C16H10BrNO2. The maximum absolute atomic E-state index is 12.5. The smallest absolute Gasteiger partial charge is 0.248 e. The molecule has 0 unspecified atom stereocenters. The van der Waals surface area contributed by atoms with Gasteiger partial charge >= 0.3 is 0 Å². The number of aromatic nitrogens is 1. The molecule has 1 N–H and O–H groups in total. The first kappa shape index (κ1) is 12.8. The highest BCUT2D eigenvalue weighted by Crippen LogP contribution is 2.19. The van der Waals surface area contributed by atoms with Gasteiger partial charge in [-0.1, -0.05) is 28.1 Å². The normalized spacial score (nSPS) is 10.7. The maximum Gasteiger partial charge on any atom is 0.248 e. The predicted molar refractivity (Wildman–Crippen MR) is 82.1 cm³/mol. The van der Waals surface area contributed by atoms with Crippen LogP contribution in [-0.4, -0.2) is 10.8 Å². The summed E-state index contributed by atoms with van der Waals surface area (Å²) in [5, 5.41) is 0.840. The molecule has 3 aromatic rings. The molecule has 0 amide bonds. The van der Waals surface area contributed by atoms with Crippen LogP contribution in [0.4, 0.5) is 0 Å². The van der Waals surface area contributed by atoms with Crippen molar-refractivity contribution >= 4 is 32.6 Å². The number of hydrogen-bond donors (Lipinski definition) is 1. The Labute approximate surface area is 123 Å². The molecule has 1 aromatic heterocycles. The van der Waals surface area contributed by atoms with E-state index in [-0.39, 0.29) is 11.3 Å². The van der Waals surface area contributed by atoms with Gasteiger partial charge in [0.15, 0.2) is 5.78 Å². The molecule has 3 nitrogen and oxygen atoms in total. The fourth-order valence-electron chi connectivity index (χ4n) is 2.12. The van der Waals surface area contributed by atoms with Gasteiger partial charge in [-0.15, -0.1) is 0 Å². The SMILES string of the molecule is O=C(c1ccc(Br)cc1)c1cccc2ccc(=O)[nH]c12. The van der Waals surface area contributed by atoms with Crippen molar-refractivity contribution in [3.05, 3.63) is 80.6 Å². The minimum Gasteiger partial charge on any atom is -0.321 e. The molecule has 0 atom stereocenters. The summed E-state index contributed by atoms with van der Waals surface area (Å²) in [4.78, 5) is 26.7. The Morgan fingerprint density at radius 2 is 1.70 bits per heavy atom. The fraction of sp³-hybridized carbons (Fsp3) is 0. The van der Waals surface area contributed by atoms with Crippen LogP contribution in [-0.2, 0) is 0 Å². The quantitative estimate of drug-likeness (QED) is 0.732. The average Bonchev–Trinajstić information content (AvgIpc) is 2.46. The van der Waals surface area contributed by atoms with Crippen molar-refractivity contribution in [3.8, 4) is 0 Å². The lowest BCUT2D eigenvalue weighted by Gasteiger charge is -2.05. The van der Waals surface area contributed by atoms with Crippen molar-refractivity contribution in [2.75, 3.05) is 0 Å². The monoisotopic (exact) mass is 327 g/mol. The number of nitrogens with one attached hydrogen (secondary N) is 1. The molecule has 1 heterocycles. The zero-order valence-electron chi connectivity index (χ0n) is 10.4. The Bertz CT molecular complexity index is 850. The molecule has 0 aliphatic rings. The van der Waals surface area contributed by atoms with Crippen LogP contribution in [0.5, 0.6) is 0 Å². The van der Waals surface area contributed by atoms with Crippen LogP contribution in [0, 0.1) is 0 Å². The third-order valence-corrected chi connectivity index (χ3v) is 3.64. The Kier molecular flexibility index (Phi) is 3.24. The highest BCUT2D eigenvalue weighted by atomic mass is 79.9. The summed E-state index contributed by atoms with van der Waals surface area (Å²) in [6.45, 7) is 0. The molecule has 4 heteroatoms. The number of benzene rings is 2. The molecule has 20 heavy (non-hydrogen) atoms. The van der Waals surface area contributed by atoms with Crippen LogP contribution in [0.1, 0.15) is 15.9 Å². The number of ketones is 1. The number of rotatable bonds is 2. The van der Waals surface area contributed by atoms with Crippen LogP contribution in [0.25, 0.3) is 10.9 Å². The van der Waals surface area contributed by atoms with Crippen LogP contribution in [0.3, 0.4) is 0 Å². The van der Waals surface area contributed by atoms with E-state index in [9.17, 15) is 9.59 Å². The Morgan fingerprint density at radius 3 is 2.45 bits per heavy atom. The summed E-state index contributed by atoms with van der Waals surface area (Å²) < 4.78 is 0.917. The molecule has 0 saturated heterocycles. The van der Waals surface area contributed by atoms with Gasteiger partial charge in [0.25, 0.3) is 0 Å². The van der Waals surface area contributed by atoms with Crippen LogP contribution in [0.15, 0.2) is 63.9 Å². The number of halogens is 1. The van der Waals surface area contributed by atoms with Gasteiger partial charge in [0, 0.05) is 21.7 Å². The van der Waals surface area contributed by atoms with Crippen molar-refractivity contribution < 1.29 is 4.79 Å². The van der Waals surface area contributed by atoms with Gasteiger partial charge in [-0.25, -0.2) is 0 Å². The van der Waals surface area contributed by atoms with E-state index in [1.807, 2.05) is 24.3 Å². The van der Waals surface area contributed by atoms with E-state index >= 15 is 0 Å². The number of carbonyl (C=O) groups is 1. The third kappa shape index (κ3) is 2.30. The van der Waals surface area contributed by atoms with Crippen molar-refractivity contribution in [1.82, 2.24) is 4.98 Å². The molecule has 3 rings (SSSR count). The minimum atomic E-state index is -0.214. The molecule has 98 valence electrons. The molecule has 0 radical (unpaired) electrons. The van der Waals surface area contributed by atoms with E-state index in [0.29, 0.717) is 16.6 Å². The summed E-state index contributed by atoms with van der Waals surface area (Å²) in [6.07, 6.45) is 0. The number of fused-ring (bicyclic) bond motifs is 1. The molecule has 0 aliphatic heterocycles. The molecule has 0 fully saturated rings. The lowest BCUT2D eigenvalue weighted by molar-refractivity contribution is 0.104. The molecule has 2 aromatic carbocycles. The number of carbonyl (C=O) groups excluding carboxylic acids is 1.